The summed E-state index contributed by atoms with van der Waals surface area (Å²) in [6, 6.07) is 0.657. The minimum absolute atomic E-state index is 0.328. The Morgan fingerprint density at radius 2 is 2.06 bits per heavy atom. The van der Waals surface area contributed by atoms with Crippen LogP contribution in [0, 0.1) is 5.92 Å². The Bertz CT molecular complexity index is 219. The third-order valence-corrected chi connectivity index (χ3v) is 4.15. The molecule has 0 saturated carbocycles. The molecular weight excluding hydrogens is 196 g/mol. The summed E-state index contributed by atoms with van der Waals surface area (Å²) in [4.78, 5) is 2.60. The zero-order valence-corrected chi connectivity index (χ0v) is 11.4. The second kappa shape index (κ2) is 5.83. The first-order chi connectivity index (χ1) is 7.58. The SMILES string of the molecule is C=CCN1CC(CC)(CC)NCC1C(C)C. The lowest BCUT2D eigenvalue weighted by atomic mass is 9.86. The topological polar surface area (TPSA) is 15.3 Å². The van der Waals surface area contributed by atoms with Crippen LogP contribution in [0.3, 0.4) is 0 Å². The molecule has 2 heteroatoms. The maximum atomic E-state index is 3.89. The van der Waals surface area contributed by atoms with Crippen LogP contribution in [0.5, 0.6) is 0 Å². The molecule has 0 aromatic rings. The van der Waals surface area contributed by atoms with Gasteiger partial charge in [-0.3, -0.25) is 4.90 Å². The van der Waals surface area contributed by atoms with Gasteiger partial charge >= 0.3 is 0 Å². The molecule has 1 unspecified atom stereocenters. The molecule has 2 nitrogen and oxygen atoms in total. The van der Waals surface area contributed by atoms with Crippen molar-refractivity contribution in [2.24, 2.45) is 5.92 Å². The maximum Gasteiger partial charge on any atom is 0.0304 e. The highest BCUT2D eigenvalue weighted by Gasteiger charge is 2.36. The highest BCUT2D eigenvalue weighted by atomic mass is 15.3. The van der Waals surface area contributed by atoms with Gasteiger partial charge in [0.25, 0.3) is 0 Å². The lowest BCUT2D eigenvalue weighted by Gasteiger charge is -2.48. The van der Waals surface area contributed by atoms with Crippen LogP contribution in [-0.4, -0.2) is 36.1 Å². The Balaban J connectivity index is 2.74. The van der Waals surface area contributed by atoms with E-state index < -0.39 is 0 Å². The average Bonchev–Trinajstić information content (AvgIpc) is 2.29. The van der Waals surface area contributed by atoms with Crippen molar-refractivity contribution in [3.63, 3.8) is 0 Å². The summed E-state index contributed by atoms with van der Waals surface area (Å²) in [6.07, 6.45) is 4.46. The van der Waals surface area contributed by atoms with Crippen LogP contribution in [0.15, 0.2) is 12.7 Å². The Kier molecular flexibility index (Phi) is 5.00. The zero-order valence-electron chi connectivity index (χ0n) is 11.4. The van der Waals surface area contributed by atoms with Gasteiger partial charge in [0.05, 0.1) is 0 Å². The summed E-state index contributed by atoms with van der Waals surface area (Å²) < 4.78 is 0. The molecule has 0 radical (unpaired) electrons. The van der Waals surface area contributed by atoms with Gasteiger partial charge in [-0.2, -0.15) is 0 Å². The number of hydrogen-bond acceptors (Lipinski definition) is 2. The van der Waals surface area contributed by atoms with E-state index in [-0.39, 0.29) is 0 Å². The largest absolute Gasteiger partial charge is 0.308 e. The fourth-order valence-electron chi connectivity index (χ4n) is 2.76. The van der Waals surface area contributed by atoms with Gasteiger partial charge < -0.3 is 5.32 Å². The smallest absolute Gasteiger partial charge is 0.0304 e. The van der Waals surface area contributed by atoms with E-state index in [0.29, 0.717) is 17.5 Å². The van der Waals surface area contributed by atoms with E-state index in [0.717, 1.165) is 19.6 Å². The molecule has 0 bridgehead atoms. The van der Waals surface area contributed by atoms with Crippen LogP contribution in [-0.2, 0) is 0 Å². The Morgan fingerprint density at radius 3 is 2.50 bits per heavy atom. The fraction of sp³-hybridized carbons (Fsp3) is 0.857. The van der Waals surface area contributed by atoms with Crippen LogP contribution < -0.4 is 5.32 Å². The number of piperazine rings is 1. The molecule has 1 rings (SSSR count). The third kappa shape index (κ3) is 2.86. The molecule has 0 aromatic carbocycles. The molecule has 0 aliphatic carbocycles. The average molecular weight is 224 g/mol. The normalized spacial score (nSPS) is 25.9. The van der Waals surface area contributed by atoms with Gasteiger partial charge in [-0.1, -0.05) is 33.8 Å². The Morgan fingerprint density at radius 1 is 1.44 bits per heavy atom. The van der Waals surface area contributed by atoms with Crippen LogP contribution in [0.2, 0.25) is 0 Å². The molecule has 1 N–H and O–H groups in total. The molecule has 1 heterocycles. The molecule has 0 spiro atoms. The van der Waals surface area contributed by atoms with E-state index in [2.05, 4.69) is 44.5 Å². The van der Waals surface area contributed by atoms with Gasteiger partial charge in [-0.05, 0) is 18.8 Å². The summed E-state index contributed by atoms with van der Waals surface area (Å²) in [7, 11) is 0. The summed E-state index contributed by atoms with van der Waals surface area (Å²) in [5.74, 6) is 0.708. The van der Waals surface area contributed by atoms with Crippen molar-refractivity contribution in [2.45, 2.75) is 52.1 Å². The van der Waals surface area contributed by atoms with Gasteiger partial charge in [-0.25, -0.2) is 0 Å². The van der Waals surface area contributed by atoms with E-state index in [9.17, 15) is 0 Å². The highest BCUT2D eigenvalue weighted by Crippen LogP contribution is 2.25. The lowest BCUT2D eigenvalue weighted by molar-refractivity contribution is 0.0602. The third-order valence-electron chi connectivity index (χ3n) is 4.15. The lowest BCUT2D eigenvalue weighted by Crippen LogP contribution is -2.64. The second-order valence-electron chi connectivity index (χ2n) is 5.40. The van der Waals surface area contributed by atoms with Gasteiger partial charge in [-0.15, -0.1) is 6.58 Å². The second-order valence-corrected chi connectivity index (χ2v) is 5.40. The van der Waals surface area contributed by atoms with Crippen molar-refractivity contribution in [1.29, 1.82) is 0 Å². The highest BCUT2D eigenvalue weighted by molar-refractivity contribution is 4.98. The van der Waals surface area contributed by atoms with Crippen LogP contribution in [0.4, 0.5) is 0 Å². The molecule has 0 amide bonds. The van der Waals surface area contributed by atoms with Gasteiger partial charge in [0.1, 0.15) is 0 Å². The van der Waals surface area contributed by atoms with Crippen molar-refractivity contribution in [3.8, 4) is 0 Å². The van der Waals surface area contributed by atoms with Crippen LogP contribution in [0.1, 0.15) is 40.5 Å². The fourth-order valence-corrected chi connectivity index (χ4v) is 2.76. The quantitative estimate of drug-likeness (QED) is 0.722. The first-order valence-corrected chi connectivity index (χ1v) is 6.68. The minimum Gasteiger partial charge on any atom is -0.308 e. The Labute approximate surface area is 101 Å². The summed E-state index contributed by atoms with van der Waals surface area (Å²) in [6.45, 7) is 16.4. The summed E-state index contributed by atoms with van der Waals surface area (Å²) in [5.41, 5.74) is 0.328. The van der Waals surface area contributed by atoms with E-state index in [4.69, 9.17) is 0 Å². The molecule has 1 aliphatic heterocycles. The van der Waals surface area contributed by atoms with Crippen LogP contribution >= 0.6 is 0 Å². The maximum absolute atomic E-state index is 3.89. The van der Waals surface area contributed by atoms with Gasteiger partial charge in [0.2, 0.25) is 0 Å². The van der Waals surface area contributed by atoms with Crippen molar-refractivity contribution in [1.82, 2.24) is 10.2 Å². The molecular formula is C14H28N2. The van der Waals surface area contributed by atoms with E-state index in [1.54, 1.807) is 0 Å². The van der Waals surface area contributed by atoms with Crippen molar-refractivity contribution >= 4 is 0 Å². The number of nitrogens with one attached hydrogen (secondary N) is 1. The predicted molar refractivity (Wildman–Crippen MR) is 71.7 cm³/mol. The molecule has 1 saturated heterocycles. The standard InChI is InChI=1S/C14H28N2/c1-6-9-16-11-14(7-2,8-3)15-10-13(16)12(4)5/h6,12-13,15H,1,7-11H2,2-5H3. The first-order valence-electron chi connectivity index (χ1n) is 6.68. The van der Waals surface area contributed by atoms with Gasteiger partial charge in [0, 0.05) is 31.2 Å². The molecule has 1 fully saturated rings. The van der Waals surface area contributed by atoms with Crippen molar-refractivity contribution in [2.75, 3.05) is 19.6 Å². The molecule has 94 valence electrons. The molecule has 1 atom stereocenters. The van der Waals surface area contributed by atoms with E-state index >= 15 is 0 Å². The summed E-state index contributed by atoms with van der Waals surface area (Å²) in [5, 5.41) is 3.78. The van der Waals surface area contributed by atoms with Crippen LogP contribution in [0.25, 0.3) is 0 Å². The number of nitrogens with zero attached hydrogens (tertiary/aromatic N) is 1. The van der Waals surface area contributed by atoms with E-state index in [1.807, 2.05) is 6.08 Å². The van der Waals surface area contributed by atoms with Crippen molar-refractivity contribution < 1.29 is 0 Å². The number of hydrogen-bond donors (Lipinski definition) is 1. The molecule has 0 aromatic heterocycles. The van der Waals surface area contributed by atoms with E-state index in [1.165, 1.54) is 12.8 Å². The monoisotopic (exact) mass is 224 g/mol. The predicted octanol–water partition coefficient (Wildman–Crippen LogP) is 2.66. The zero-order chi connectivity index (χ0) is 12.2. The molecule has 1 aliphatic rings. The molecule has 16 heavy (non-hydrogen) atoms. The first kappa shape index (κ1) is 13.7. The van der Waals surface area contributed by atoms with Gasteiger partial charge in [0.15, 0.2) is 0 Å². The minimum atomic E-state index is 0.328. The van der Waals surface area contributed by atoms with Crippen molar-refractivity contribution in [3.05, 3.63) is 12.7 Å². The summed E-state index contributed by atoms with van der Waals surface area (Å²) >= 11 is 0. The number of rotatable bonds is 5. The Hall–Kier alpha value is -0.340.